The molecule has 0 atom stereocenters. The van der Waals surface area contributed by atoms with Crippen LogP contribution in [0.5, 0.6) is 0 Å². The summed E-state index contributed by atoms with van der Waals surface area (Å²) < 4.78 is 4.53. The topological polar surface area (TPSA) is 91.2 Å². The Labute approximate surface area is 162 Å². The average molecular weight is 381 g/mol. The van der Waals surface area contributed by atoms with Gasteiger partial charge in [0.2, 0.25) is 0 Å². The molecule has 2 rings (SSSR count). The molecule has 0 radical (unpaired) electrons. The highest BCUT2D eigenvalue weighted by Gasteiger charge is 2.12. The lowest BCUT2D eigenvalue weighted by Gasteiger charge is -2.10. The van der Waals surface area contributed by atoms with Crippen LogP contribution in [-0.2, 0) is 14.3 Å². The number of nitrogens with one attached hydrogen (secondary N) is 2. The monoisotopic (exact) mass is 381 g/mol. The van der Waals surface area contributed by atoms with Gasteiger partial charge in [0, 0.05) is 22.5 Å². The molecule has 27 heavy (non-hydrogen) atoms. The highest BCUT2D eigenvalue weighted by atomic mass is 32.2. The summed E-state index contributed by atoms with van der Waals surface area (Å²) in [6, 6.07) is 19.0. The van der Waals surface area contributed by atoms with E-state index in [0.29, 0.717) is 5.69 Å². The molecule has 0 bridgehead atoms. The number of carbonyl (C=O) groups excluding carboxylic acids is 2. The summed E-state index contributed by atoms with van der Waals surface area (Å²) in [5.74, 6) is -0.894. The van der Waals surface area contributed by atoms with E-state index in [1.54, 1.807) is 6.07 Å². The van der Waals surface area contributed by atoms with E-state index >= 15 is 0 Å². The maximum Gasteiger partial charge on any atom is 0.307 e. The Morgan fingerprint density at radius 2 is 1.85 bits per heavy atom. The van der Waals surface area contributed by atoms with Crippen LogP contribution in [0.1, 0.15) is 6.42 Å². The van der Waals surface area contributed by atoms with Crippen LogP contribution in [0.15, 0.2) is 76.2 Å². The fourth-order valence-corrected chi connectivity index (χ4v) is 2.99. The predicted molar refractivity (Wildman–Crippen MR) is 104 cm³/mol. The largest absolute Gasteiger partial charge is 0.469 e. The lowest BCUT2D eigenvalue weighted by Crippen LogP contribution is -2.19. The van der Waals surface area contributed by atoms with Crippen molar-refractivity contribution in [2.45, 2.75) is 16.2 Å². The Bertz CT molecular complexity index is 860. The minimum Gasteiger partial charge on any atom is -0.469 e. The van der Waals surface area contributed by atoms with Gasteiger partial charge in [-0.2, -0.15) is 5.26 Å². The number of nitrogens with zero attached hydrogens (tertiary/aromatic N) is 1. The molecule has 0 fully saturated rings. The Morgan fingerprint density at radius 3 is 2.56 bits per heavy atom. The molecule has 0 saturated carbocycles. The number of hydrogen-bond donors (Lipinski definition) is 2. The molecule has 0 aromatic heterocycles. The van der Waals surface area contributed by atoms with E-state index in [1.165, 1.54) is 25.1 Å². The number of rotatable bonds is 8. The number of amides is 1. The zero-order valence-corrected chi connectivity index (χ0v) is 15.6. The molecule has 0 aliphatic heterocycles. The first-order valence-corrected chi connectivity index (χ1v) is 8.99. The number of hydrogen-bond acceptors (Lipinski definition) is 6. The smallest absolute Gasteiger partial charge is 0.307 e. The van der Waals surface area contributed by atoms with Gasteiger partial charge in [-0.1, -0.05) is 42.1 Å². The number of methoxy groups -OCH3 is 1. The zero-order valence-electron chi connectivity index (χ0n) is 14.8. The fourth-order valence-electron chi connectivity index (χ4n) is 2.06. The summed E-state index contributed by atoms with van der Waals surface area (Å²) in [7, 11) is 1.30. The van der Waals surface area contributed by atoms with Gasteiger partial charge in [-0.15, -0.1) is 0 Å². The summed E-state index contributed by atoms with van der Waals surface area (Å²) in [6.07, 6.45) is 1.44. The minimum absolute atomic E-state index is 0.0839. The number of nitriles is 1. The van der Waals surface area contributed by atoms with E-state index < -0.39 is 5.91 Å². The number of para-hydroxylation sites is 1. The molecule has 0 heterocycles. The summed E-state index contributed by atoms with van der Waals surface area (Å²) >= 11 is 1.52. The van der Waals surface area contributed by atoms with Crippen molar-refractivity contribution in [1.82, 2.24) is 5.32 Å². The Morgan fingerprint density at radius 1 is 1.15 bits per heavy atom. The van der Waals surface area contributed by atoms with Crippen LogP contribution < -0.4 is 10.6 Å². The van der Waals surface area contributed by atoms with Crippen LogP contribution in [0, 0.1) is 11.3 Å². The van der Waals surface area contributed by atoms with Crippen LogP contribution in [-0.4, -0.2) is 25.5 Å². The molecule has 138 valence electrons. The van der Waals surface area contributed by atoms with E-state index in [0.717, 1.165) is 9.79 Å². The first kappa shape index (κ1) is 20.1. The number of esters is 1. The van der Waals surface area contributed by atoms with Gasteiger partial charge >= 0.3 is 5.97 Å². The van der Waals surface area contributed by atoms with Crippen LogP contribution in [0.2, 0.25) is 0 Å². The molecule has 1 amide bonds. The summed E-state index contributed by atoms with van der Waals surface area (Å²) in [5, 5.41) is 14.7. The van der Waals surface area contributed by atoms with Gasteiger partial charge in [0.05, 0.1) is 19.2 Å². The quantitative estimate of drug-likeness (QED) is 0.315. The van der Waals surface area contributed by atoms with Crippen molar-refractivity contribution in [2.24, 2.45) is 0 Å². The highest BCUT2D eigenvalue weighted by Crippen LogP contribution is 2.33. The van der Waals surface area contributed by atoms with Crippen LogP contribution in [0.3, 0.4) is 0 Å². The molecule has 2 N–H and O–H groups in total. The van der Waals surface area contributed by atoms with Gasteiger partial charge in [0.1, 0.15) is 11.6 Å². The van der Waals surface area contributed by atoms with Gasteiger partial charge in [-0.05, 0) is 24.3 Å². The third-order valence-electron chi connectivity index (χ3n) is 3.42. The van der Waals surface area contributed by atoms with Crippen molar-refractivity contribution in [3.8, 4) is 6.07 Å². The van der Waals surface area contributed by atoms with E-state index in [2.05, 4.69) is 15.4 Å². The number of ether oxygens (including phenoxy) is 1. The van der Waals surface area contributed by atoms with Gasteiger partial charge < -0.3 is 15.4 Å². The predicted octanol–water partition coefficient (Wildman–Crippen LogP) is 3.34. The second-order valence-corrected chi connectivity index (χ2v) is 6.43. The molecule has 2 aromatic carbocycles. The molecule has 0 aliphatic rings. The molecular weight excluding hydrogens is 362 g/mol. The molecule has 0 aliphatic carbocycles. The summed E-state index contributed by atoms with van der Waals surface area (Å²) in [4.78, 5) is 25.4. The van der Waals surface area contributed by atoms with E-state index in [1.807, 2.05) is 54.6 Å². The van der Waals surface area contributed by atoms with Crippen molar-refractivity contribution in [2.75, 3.05) is 19.0 Å². The second-order valence-electron chi connectivity index (χ2n) is 5.32. The Kier molecular flexibility index (Phi) is 7.94. The van der Waals surface area contributed by atoms with Crippen molar-refractivity contribution >= 4 is 29.3 Å². The lowest BCUT2D eigenvalue weighted by molar-refractivity contribution is -0.140. The van der Waals surface area contributed by atoms with Crippen LogP contribution in [0.25, 0.3) is 0 Å². The first-order chi connectivity index (χ1) is 13.1. The second kappa shape index (κ2) is 10.7. The lowest BCUT2D eigenvalue weighted by atomic mass is 10.2. The average Bonchev–Trinajstić information content (AvgIpc) is 2.70. The Hall–Kier alpha value is -3.24. The minimum atomic E-state index is -0.524. The molecular formula is C20H19N3O3S. The zero-order chi connectivity index (χ0) is 19.5. The molecule has 6 nitrogen and oxygen atoms in total. The molecule has 0 spiro atoms. The maximum atomic E-state index is 12.4. The van der Waals surface area contributed by atoms with Crippen molar-refractivity contribution in [3.63, 3.8) is 0 Å². The van der Waals surface area contributed by atoms with Crippen LogP contribution >= 0.6 is 11.8 Å². The molecule has 2 aromatic rings. The summed E-state index contributed by atoms with van der Waals surface area (Å²) in [5.41, 5.74) is 0.534. The molecule has 0 unspecified atom stereocenters. The van der Waals surface area contributed by atoms with Crippen LogP contribution in [0.4, 0.5) is 5.69 Å². The van der Waals surface area contributed by atoms with E-state index in [-0.39, 0.29) is 24.5 Å². The third-order valence-corrected chi connectivity index (χ3v) is 4.50. The van der Waals surface area contributed by atoms with Crippen molar-refractivity contribution in [1.29, 1.82) is 5.26 Å². The van der Waals surface area contributed by atoms with Gasteiger partial charge in [0.25, 0.3) is 5.91 Å². The van der Waals surface area contributed by atoms with Gasteiger partial charge in [-0.3, -0.25) is 9.59 Å². The normalized spacial score (nSPS) is 10.6. The number of benzene rings is 2. The third kappa shape index (κ3) is 6.53. The maximum absolute atomic E-state index is 12.4. The molecule has 0 saturated heterocycles. The summed E-state index contributed by atoms with van der Waals surface area (Å²) in [6.45, 7) is 0.269. The highest BCUT2D eigenvalue weighted by molar-refractivity contribution is 7.99. The van der Waals surface area contributed by atoms with E-state index in [9.17, 15) is 14.9 Å². The standard InChI is InChI=1S/C20H19N3O3S/c1-26-19(24)11-12-22-14-15(13-21)20(25)23-17-9-5-6-10-18(17)27-16-7-3-2-4-8-16/h2-10,14,22H,11-12H2,1H3,(H,23,25)/b15-14-. The number of anilines is 1. The van der Waals surface area contributed by atoms with E-state index in [4.69, 9.17) is 0 Å². The first-order valence-electron chi connectivity index (χ1n) is 8.17. The number of carbonyl (C=O) groups is 2. The fraction of sp³-hybridized carbons (Fsp3) is 0.150. The van der Waals surface area contributed by atoms with Gasteiger partial charge in [-0.25, -0.2) is 0 Å². The molecule has 7 heteroatoms. The van der Waals surface area contributed by atoms with Crippen molar-refractivity contribution < 1.29 is 14.3 Å². The SMILES string of the molecule is COC(=O)CCN/C=C(/C#N)C(=O)Nc1ccccc1Sc1ccccc1. The van der Waals surface area contributed by atoms with Crippen molar-refractivity contribution in [3.05, 3.63) is 66.4 Å². The Balaban J connectivity index is 2.03. The van der Waals surface area contributed by atoms with Gasteiger partial charge in [0.15, 0.2) is 0 Å².